The lowest BCUT2D eigenvalue weighted by molar-refractivity contribution is 0.173. The maximum Gasteiger partial charge on any atom is 0.140 e. The molecule has 108 valence electrons. The third-order valence-corrected chi connectivity index (χ3v) is 3.56. The first-order chi connectivity index (χ1) is 10.1. The lowest BCUT2D eigenvalue weighted by Crippen LogP contribution is -2.42. The SMILES string of the molecule is CC(CO)(NCc1ccc(F)c(C#N)c1)c1ccccc1. The van der Waals surface area contributed by atoms with Gasteiger partial charge >= 0.3 is 0 Å². The molecular formula is C17H17FN2O. The van der Waals surface area contributed by atoms with Crippen molar-refractivity contribution < 1.29 is 9.50 Å². The van der Waals surface area contributed by atoms with Crippen molar-refractivity contribution in [2.75, 3.05) is 6.61 Å². The molecule has 0 heterocycles. The maximum absolute atomic E-state index is 13.3. The molecular weight excluding hydrogens is 267 g/mol. The number of halogens is 1. The van der Waals surface area contributed by atoms with Crippen molar-refractivity contribution in [3.63, 3.8) is 0 Å². The highest BCUT2D eigenvalue weighted by molar-refractivity contribution is 5.34. The molecule has 3 nitrogen and oxygen atoms in total. The van der Waals surface area contributed by atoms with Gasteiger partial charge in [-0.05, 0) is 30.2 Å². The van der Waals surface area contributed by atoms with Crippen LogP contribution < -0.4 is 5.32 Å². The summed E-state index contributed by atoms with van der Waals surface area (Å²) in [6.45, 7) is 2.27. The van der Waals surface area contributed by atoms with Gasteiger partial charge in [-0.3, -0.25) is 0 Å². The minimum Gasteiger partial charge on any atom is -0.394 e. The fourth-order valence-electron chi connectivity index (χ4n) is 2.12. The Bertz CT molecular complexity index is 652. The standard InChI is InChI=1S/C17H17FN2O/c1-17(12-21,15-5-3-2-4-6-15)20-11-13-7-8-16(18)14(9-13)10-19/h2-9,20-21H,11-12H2,1H3. The van der Waals surface area contributed by atoms with Crippen LogP contribution in [0.25, 0.3) is 0 Å². The van der Waals surface area contributed by atoms with E-state index in [1.807, 2.05) is 43.3 Å². The second-order valence-corrected chi connectivity index (χ2v) is 5.14. The summed E-state index contributed by atoms with van der Waals surface area (Å²) in [5.41, 5.74) is 1.20. The van der Waals surface area contributed by atoms with E-state index in [0.29, 0.717) is 6.54 Å². The van der Waals surface area contributed by atoms with Gasteiger partial charge < -0.3 is 10.4 Å². The third kappa shape index (κ3) is 3.46. The van der Waals surface area contributed by atoms with E-state index in [-0.39, 0.29) is 12.2 Å². The lowest BCUT2D eigenvalue weighted by Gasteiger charge is -2.29. The first-order valence-electron chi connectivity index (χ1n) is 6.69. The summed E-state index contributed by atoms with van der Waals surface area (Å²) in [5.74, 6) is -0.519. The zero-order chi connectivity index (χ0) is 15.3. The van der Waals surface area contributed by atoms with E-state index in [9.17, 15) is 9.50 Å². The Morgan fingerprint density at radius 2 is 1.95 bits per heavy atom. The number of nitrogens with zero attached hydrogens (tertiary/aromatic N) is 1. The summed E-state index contributed by atoms with van der Waals surface area (Å²) in [5, 5.41) is 21.8. The van der Waals surface area contributed by atoms with Gasteiger partial charge in [0.25, 0.3) is 0 Å². The van der Waals surface area contributed by atoms with Crippen LogP contribution in [0.2, 0.25) is 0 Å². The Balaban J connectivity index is 2.16. The minimum atomic E-state index is -0.595. The number of nitrogens with one attached hydrogen (secondary N) is 1. The number of benzene rings is 2. The molecule has 0 saturated carbocycles. The molecule has 2 rings (SSSR count). The van der Waals surface area contributed by atoms with Crippen molar-refractivity contribution in [2.45, 2.75) is 19.0 Å². The summed E-state index contributed by atoms with van der Waals surface area (Å²) in [6, 6.07) is 15.9. The molecule has 0 spiro atoms. The normalized spacial score (nSPS) is 13.4. The number of nitriles is 1. The Morgan fingerprint density at radius 1 is 1.24 bits per heavy atom. The summed E-state index contributed by atoms with van der Waals surface area (Å²) in [4.78, 5) is 0. The first-order valence-corrected chi connectivity index (χ1v) is 6.69. The minimum absolute atomic E-state index is 0.0275. The molecule has 1 unspecified atom stereocenters. The highest BCUT2D eigenvalue weighted by atomic mass is 19.1. The van der Waals surface area contributed by atoms with Crippen molar-refractivity contribution in [1.82, 2.24) is 5.32 Å². The maximum atomic E-state index is 13.3. The zero-order valence-corrected chi connectivity index (χ0v) is 11.8. The van der Waals surface area contributed by atoms with Crippen molar-refractivity contribution >= 4 is 0 Å². The van der Waals surface area contributed by atoms with E-state index in [1.165, 1.54) is 12.1 Å². The molecule has 2 aromatic carbocycles. The second kappa shape index (κ2) is 6.49. The van der Waals surface area contributed by atoms with E-state index in [2.05, 4.69) is 5.32 Å². The van der Waals surface area contributed by atoms with Crippen molar-refractivity contribution in [1.29, 1.82) is 5.26 Å². The van der Waals surface area contributed by atoms with Gasteiger partial charge in [-0.2, -0.15) is 5.26 Å². The molecule has 0 amide bonds. The summed E-state index contributed by atoms with van der Waals surface area (Å²) >= 11 is 0. The lowest BCUT2D eigenvalue weighted by atomic mass is 9.92. The van der Waals surface area contributed by atoms with Crippen LogP contribution >= 0.6 is 0 Å². The molecule has 2 aromatic rings. The van der Waals surface area contributed by atoms with Crippen LogP contribution in [0.15, 0.2) is 48.5 Å². The average molecular weight is 284 g/mol. The third-order valence-electron chi connectivity index (χ3n) is 3.56. The van der Waals surface area contributed by atoms with Gasteiger partial charge in [0.1, 0.15) is 11.9 Å². The molecule has 0 fully saturated rings. The van der Waals surface area contributed by atoms with Crippen LogP contribution in [0, 0.1) is 17.1 Å². The number of hydrogen-bond acceptors (Lipinski definition) is 3. The topological polar surface area (TPSA) is 56.0 Å². The average Bonchev–Trinajstić information content (AvgIpc) is 2.54. The molecule has 0 bridgehead atoms. The Morgan fingerprint density at radius 3 is 2.57 bits per heavy atom. The largest absolute Gasteiger partial charge is 0.394 e. The van der Waals surface area contributed by atoms with E-state index in [1.54, 1.807) is 6.07 Å². The van der Waals surface area contributed by atoms with Crippen molar-refractivity contribution in [2.24, 2.45) is 0 Å². The van der Waals surface area contributed by atoms with Crippen LogP contribution in [-0.2, 0) is 12.1 Å². The molecule has 4 heteroatoms. The van der Waals surface area contributed by atoms with Crippen molar-refractivity contribution in [3.8, 4) is 6.07 Å². The van der Waals surface area contributed by atoms with Gasteiger partial charge in [0.05, 0.1) is 17.7 Å². The Labute approximate surface area is 123 Å². The molecule has 0 aliphatic heterocycles. The van der Waals surface area contributed by atoms with Gasteiger partial charge in [-0.25, -0.2) is 4.39 Å². The first kappa shape index (κ1) is 15.2. The van der Waals surface area contributed by atoms with Crippen LogP contribution in [0.4, 0.5) is 4.39 Å². The van der Waals surface area contributed by atoms with Gasteiger partial charge in [-0.1, -0.05) is 36.4 Å². The fraction of sp³-hybridized carbons (Fsp3) is 0.235. The van der Waals surface area contributed by atoms with Gasteiger partial charge in [0.15, 0.2) is 0 Å². The predicted octanol–water partition coefficient (Wildman–Crippen LogP) is 2.69. The molecule has 0 radical (unpaired) electrons. The Hall–Kier alpha value is -2.22. The van der Waals surface area contributed by atoms with E-state index < -0.39 is 11.4 Å². The number of hydrogen-bond donors (Lipinski definition) is 2. The number of aliphatic hydroxyl groups excluding tert-OH is 1. The van der Waals surface area contributed by atoms with Crippen LogP contribution in [0.3, 0.4) is 0 Å². The molecule has 0 aliphatic carbocycles. The molecule has 0 aliphatic rings. The van der Waals surface area contributed by atoms with E-state index >= 15 is 0 Å². The molecule has 21 heavy (non-hydrogen) atoms. The number of aliphatic hydroxyl groups is 1. The van der Waals surface area contributed by atoms with Crippen molar-refractivity contribution in [3.05, 3.63) is 71.0 Å². The molecule has 1 atom stereocenters. The number of rotatable bonds is 5. The predicted molar refractivity (Wildman–Crippen MR) is 78.8 cm³/mol. The molecule has 0 saturated heterocycles. The van der Waals surface area contributed by atoms with Gasteiger partial charge in [0, 0.05) is 6.54 Å². The Kier molecular flexibility index (Phi) is 4.69. The molecule has 2 N–H and O–H groups in total. The van der Waals surface area contributed by atoms with Crippen LogP contribution in [0.1, 0.15) is 23.6 Å². The highest BCUT2D eigenvalue weighted by Crippen LogP contribution is 2.21. The fourth-order valence-corrected chi connectivity index (χ4v) is 2.12. The van der Waals surface area contributed by atoms with Crippen LogP contribution in [-0.4, -0.2) is 11.7 Å². The summed E-state index contributed by atoms with van der Waals surface area (Å²) in [6.07, 6.45) is 0. The van der Waals surface area contributed by atoms with Gasteiger partial charge in [-0.15, -0.1) is 0 Å². The summed E-state index contributed by atoms with van der Waals surface area (Å²) in [7, 11) is 0. The quantitative estimate of drug-likeness (QED) is 0.887. The van der Waals surface area contributed by atoms with E-state index in [0.717, 1.165) is 11.1 Å². The van der Waals surface area contributed by atoms with E-state index in [4.69, 9.17) is 5.26 Å². The van der Waals surface area contributed by atoms with Gasteiger partial charge in [0.2, 0.25) is 0 Å². The highest BCUT2D eigenvalue weighted by Gasteiger charge is 2.24. The monoisotopic (exact) mass is 284 g/mol. The second-order valence-electron chi connectivity index (χ2n) is 5.14. The summed E-state index contributed by atoms with van der Waals surface area (Å²) < 4.78 is 13.3. The van der Waals surface area contributed by atoms with Crippen LogP contribution in [0.5, 0.6) is 0 Å². The zero-order valence-electron chi connectivity index (χ0n) is 11.8. The smallest absolute Gasteiger partial charge is 0.140 e. The molecule has 0 aromatic heterocycles.